The van der Waals surface area contributed by atoms with Gasteiger partial charge in [-0.3, -0.25) is 14.5 Å². The first-order valence-electron chi connectivity index (χ1n) is 10.8. The molecular weight excluding hydrogens is 394 g/mol. The molecule has 0 aliphatic carbocycles. The topological polar surface area (TPSA) is 78.0 Å². The van der Waals surface area contributed by atoms with Gasteiger partial charge in [0.1, 0.15) is 5.82 Å². The lowest BCUT2D eigenvalue weighted by Crippen LogP contribution is -2.51. The normalized spacial score (nSPS) is 17.4. The lowest BCUT2D eigenvalue weighted by molar-refractivity contribution is -0.122. The van der Waals surface area contributed by atoms with Gasteiger partial charge in [-0.25, -0.2) is 4.98 Å². The number of pyridine rings is 1. The molecule has 0 unspecified atom stereocenters. The van der Waals surface area contributed by atoms with Crippen molar-refractivity contribution in [3.8, 4) is 0 Å². The SMILES string of the molecule is O=C(CN1CCN(C(=O)c2ccc(N3CCOCC3)nc2)CC1)NCc1ccccc1. The number of morpholine rings is 1. The number of piperazine rings is 1. The quantitative estimate of drug-likeness (QED) is 0.747. The molecule has 3 heterocycles. The second-order valence-corrected chi connectivity index (χ2v) is 7.84. The van der Waals surface area contributed by atoms with Gasteiger partial charge in [-0.2, -0.15) is 0 Å². The maximum absolute atomic E-state index is 12.8. The van der Waals surface area contributed by atoms with Crippen molar-refractivity contribution in [1.29, 1.82) is 0 Å². The molecule has 0 saturated carbocycles. The first kappa shape index (κ1) is 21.3. The van der Waals surface area contributed by atoms with Gasteiger partial charge in [0.25, 0.3) is 5.91 Å². The van der Waals surface area contributed by atoms with Crippen molar-refractivity contribution < 1.29 is 14.3 Å². The molecule has 1 N–H and O–H groups in total. The maximum Gasteiger partial charge on any atom is 0.255 e. The largest absolute Gasteiger partial charge is 0.378 e. The van der Waals surface area contributed by atoms with Crippen LogP contribution in [0.1, 0.15) is 15.9 Å². The number of hydrogen-bond donors (Lipinski definition) is 1. The molecule has 4 rings (SSSR count). The van der Waals surface area contributed by atoms with Crippen molar-refractivity contribution >= 4 is 17.6 Å². The van der Waals surface area contributed by atoms with Crippen molar-refractivity contribution in [2.24, 2.45) is 0 Å². The number of ether oxygens (including phenoxy) is 1. The molecule has 8 nitrogen and oxygen atoms in total. The summed E-state index contributed by atoms with van der Waals surface area (Å²) in [5.41, 5.74) is 1.69. The Kier molecular flexibility index (Phi) is 7.11. The molecule has 2 amide bonds. The lowest BCUT2D eigenvalue weighted by Gasteiger charge is -2.34. The average molecular weight is 424 g/mol. The third-order valence-corrected chi connectivity index (χ3v) is 5.69. The summed E-state index contributed by atoms with van der Waals surface area (Å²) in [5.74, 6) is 0.881. The van der Waals surface area contributed by atoms with Gasteiger partial charge in [-0.1, -0.05) is 30.3 Å². The molecule has 8 heteroatoms. The predicted octanol–water partition coefficient (Wildman–Crippen LogP) is 0.992. The molecule has 31 heavy (non-hydrogen) atoms. The van der Waals surface area contributed by atoms with E-state index in [1.807, 2.05) is 47.4 Å². The van der Waals surface area contributed by atoms with E-state index in [4.69, 9.17) is 4.74 Å². The van der Waals surface area contributed by atoms with E-state index in [1.54, 1.807) is 6.20 Å². The van der Waals surface area contributed by atoms with E-state index >= 15 is 0 Å². The predicted molar refractivity (Wildman–Crippen MR) is 118 cm³/mol. The number of benzene rings is 1. The minimum Gasteiger partial charge on any atom is -0.378 e. The molecule has 2 aliphatic heterocycles. The van der Waals surface area contributed by atoms with Crippen molar-refractivity contribution in [2.75, 3.05) is 63.9 Å². The molecule has 2 fully saturated rings. The van der Waals surface area contributed by atoms with Crippen LogP contribution in [0.4, 0.5) is 5.82 Å². The average Bonchev–Trinajstić information content (AvgIpc) is 2.84. The number of hydrogen-bond acceptors (Lipinski definition) is 6. The lowest BCUT2D eigenvalue weighted by atomic mass is 10.2. The van der Waals surface area contributed by atoms with Crippen LogP contribution in [0.15, 0.2) is 48.7 Å². The Bertz CT molecular complexity index is 861. The van der Waals surface area contributed by atoms with Gasteiger partial charge < -0.3 is 19.9 Å². The Morgan fingerprint density at radius 2 is 1.68 bits per heavy atom. The molecule has 0 spiro atoms. The highest BCUT2D eigenvalue weighted by Gasteiger charge is 2.24. The van der Waals surface area contributed by atoms with Crippen molar-refractivity contribution in [2.45, 2.75) is 6.54 Å². The summed E-state index contributed by atoms with van der Waals surface area (Å²) < 4.78 is 5.37. The van der Waals surface area contributed by atoms with E-state index in [2.05, 4.69) is 20.1 Å². The molecule has 0 bridgehead atoms. The fourth-order valence-electron chi connectivity index (χ4n) is 3.84. The Morgan fingerprint density at radius 1 is 0.935 bits per heavy atom. The van der Waals surface area contributed by atoms with Crippen LogP contribution in [0.5, 0.6) is 0 Å². The minimum atomic E-state index is -0.00536. The zero-order valence-electron chi connectivity index (χ0n) is 17.7. The third-order valence-electron chi connectivity index (χ3n) is 5.69. The van der Waals surface area contributed by atoms with E-state index < -0.39 is 0 Å². The number of rotatable bonds is 6. The molecule has 0 radical (unpaired) electrons. The maximum atomic E-state index is 12.8. The van der Waals surface area contributed by atoms with E-state index in [9.17, 15) is 9.59 Å². The van der Waals surface area contributed by atoms with Crippen LogP contribution in [0, 0.1) is 0 Å². The van der Waals surface area contributed by atoms with Crippen molar-refractivity contribution in [1.82, 2.24) is 20.1 Å². The summed E-state index contributed by atoms with van der Waals surface area (Å²) in [6.45, 7) is 6.52. The molecule has 2 saturated heterocycles. The third kappa shape index (κ3) is 5.80. The molecule has 0 atom stereocenters. The van der Waals surface area contributed by atoms with Crippen LogP contribution in [-0.2, 0) is 16.1 Å². The van der Waals surface area contributed by atoms with Crippen LogP contribution in [0.2, 0.25) is 0 Å². The summed E-state index contributed by atoms with van der Waals surface area (Å²) in [7, 11) is 0. The van der Waals surface area contributed by atoms with Gasteiger partial charge in [-0.05, 0) is 17.7 Å². The Hall–Kier alpha value is -2.97. The minimum absolute atomic E-state index is 0.00536. The zero-order chi connectivity index (χ0) is 21.5. The van der Waals surface area contributed by atoms with Gasteiger partial charge in [0.2, 0.25) is 5.91 Å². The van der Waals surface area contributed by atoms with E-state index in [0.29, 0.717) is 58.0 Å². The first-order chi connectivity index (χ1) is 15.2. The number of anilines is 1. The van der Waals surface area contributed by atoms with Crippen LogP contribution in [0.3, 0.4) is 0 Å². The molecule has 1 aromatic heterocycles. The molecule has 2 aliphatic rings. The van der Waals surface area contributed by atoms with E-state index in [-0.39, 0.29) is 11.8 Å². The van der Waals surface area contributed by atoms with Gasteiger partial charge >= 0.3 is 0 Å². The summed E-state index contributed by atoms with van der Waals surface area (Å²) in [4.78, 5) is 35.6. The molecule has 2 aromatic rings. The Morgan fingerprint density at radius 3 is 2.35 bits per heavy atom. The molecule has 1 aromatic carbocycles. The highest BCUT2D eigenvalue weighted by molar-refractivity contribution is 5.94. The monoisotopic (exact) mass is 423 g/mol. The smallest absolute Gasteiger partial charge is 0.255 e. The van der Waals surface area contributed by atoms with Gasteiger partial charge in [0.05, 0.1) is 25.3 Å². The summed E-state index contributed by atoms with van der Waals surface area (Å²) in [6.07, 6.45) is 1.66. The second-order valence-electron chi connectivity index (χ2n) is 7.84. The summed E-state index contributed by atoms with van der Waals surface area (Å²) in [6, 6.07) is 13.6. The van der Waals surface area contributed by atoms with E-state index in [1.165, 1.54) is 0 Å². The summed E-state index contributed by atoms with van der Waals surface area (Å²) in [5, 5.41) is 2.96. The van der Waals surface area contributed by atoms with Crippen LogP contribution >= 0.6 is 0 Å². The number of aromatic nitrogens is 1. The zero-order valence-corrected chi connectivity index (χ0v) is 17.7. The number of carbonyl (C=O) groups is 2. The number of carbonyl (C=O) groups excluding carboxylic acids is 2. The number of nitrogens with one attached hydrogen (secondary N) is 1. The highest BCUT2D eigenvalue weighted by atomic mass is 16.5. The van der Waals surface area contributed by atoms with Crippen molar-refractivity contribution in [3.05, 3.63) is 59.8 Å². The number of amides is 2. The highest BCUT2D eigenvalue weighted by Crippen LogP contribution is 2.15. The van der Waals surface area contributed by atoms with Gasteiger partial charge in [0, 0.05) is 52.0 Å². The standard InChI is InChI=1S/C23H29N5O3/c29-22(25-16-19-4-2-1-3-5-19)18-26-8-10-28(11-9-26)23(30)20-6-7-21(24-17-20)27-12-14-31-15-13-27/h1-7,17H,8-16,18H2,(H,25,29). The summed E-state index contributed by atoms with van der Waals surface area (Å²) >= 11 is 0. The molecule has 164 valence electrons. The van der Waals surface area contributed by atoms with Crippen molar-refractivity contribution in [3.63, 3.8) is 0 Å². The number of nitrogens with zero attached hydrogens (tertiary/aromatic N) is 4. The second kappa shape index (κ2) is 10.4. The fraction of sp³-hybridized carbons (Fsp3) is 0.435. The van der Waals surface area contributed by atoms with Crippen LogP contribution in [0.25, 0.3) is 0 Å². The first-order valence-corrected chi connectivity index (χ1v) is 10.8. The van der Waals surface area contributed by atoms with Gasteiger partial charge in [0.15, 0.2) is 0 Å². The fourth-order valence-corrected chi connectivity index (χ4v) is 3.84. The molecular formula is C23H29N5O3. The Labute approximate surface area is 182 Å². The van der Waals surface area contributed by atoms with Gasteiger partial charge in [-0.15, -0.1) is 0 Å². The van der Waals surface area contributed by atoms with Crippen LogP contribution in [-0.4, -0.2) is 85.6 Å². The Balaban J connectivity index is 1.21. The van der Waals surface area contributed by atoms with Crippen LogP contribution < -0.4 is 10.2 Å². The van der Waals surface area contributed by atoms with E-state index in [0.717, 1.165) is 24.5 Å².